The van der Waals surface area contributed by atoms with E-state index in [1.165, 1.54) is 0 Å². The number of aryl methyl sites for hydroxylation is 1. The van der Waals surface area contributed by atoms with Gasteiger partial charge in [-0.3, -0.25) is 4.79 Å². The molecule has 0 spiro atoms. The van der Waals surface area contributed by atoms with Gasteiger partial charge in [-0.05, 0) is 89.0 Å². The van der Waals surface area contributed by atoms with Crippen LogP contribution in [0.25, 0.3) is 0 Å². The topological polar surface area (TPSA) is 102 Å². The maximum Gasteiger partial charge on any atom is 0.335 e. The predicted octanol–water partition coefficient (Wildman–Crippen LogP) is 4.01. The normalized spacial score (nSPS) is 14.8. The van der Waals surface area contributed by atoms with Gasteiger partial charge in [0.1, 0.15) is 5.60 Å². The molecule has 0 saturated heterocycles. The molecule has 0 aliphatic rings. The number of hydrogen-bond acceptors (Lipinski definition) is 8. The van der Waals surface area contributed by atoms with Crippen LogP contribution in [0.4, 0.5) is 0 Å². The SMILES string of the molecule is Cc1cn(C(C)(C)CCOC(C)(C)CCOC(C)(C)C(=O)C(C)OC(=O)C(C)OC(C)C)nn1. The van der Waals surface area contributed by atoms with Crippen molar-refractivity contribution in [1.82, 2.24) is 15.0 Å². The average molecular weight is 484 g/mol. The Morgan fingerprint density at radius 2 is 1.53 bits per heavy atom. The van der Waals surface area contributed by atoms with E-state index >= 15 is 0 Å². The van der Waals surface area contributed by atoms with Crippen LogP contribution in [-0.2, 0) is 34.1 Å². The molecule has 1 heterocycles. The quantitative estimate of drug-likeness (QED) is 0.345. The molecule has 0 aliphatic heterocycles. The Morgan fingerprint density at radius 3 is 2.06 bits per heavy atom. The first-order valence-electron chi connectivity index (χ1n) is 12.0. The fourth-order valence-electron chi connectivity index (χ4n) is 3.31. The molecular formula is C25H45N3O6. The first-order chi connectivity index (χ1) is 15.5. The van der Waals surface area contributed by atoms with Crippen LogP contribution in [0.2, 0.25) is 0 Å². The summed E-state index contributed by atoms with van der Waals surface area (Å²) < 4.78 is 24.6. The van der Waals surface area contributed by atoms with Crippen molar-refractivity contribution in [3.8, 4) is 0 Å². The van der Waals surface area contributed by atoms with Crippen molar-refractivity contribution >= 4 is 11.8 Å². The first kappa shape index (κ1) is 30.2. The minimum Gasteiger partial charge on any atom is -0.453 e. The van der Waals surface area contributed by atoms with Gasteiger partial charge in [-0.2, -0.15) is 0 Å². The fraction of sp³-hybridized carbons (Fsp3) is 0.840. The molecular weight excluding hydrogens is 438 g/mol. The summed E-state index contributed by atoms with van der Waals surface area (Å²) in [5.41, 5.74) is -0.876. The molecule has 0 N–H and O–H groups in total. The van der Waals surface area contributed by atoms with E-state index in [0.717, 1.165) is 12.1 Å². The lowest BCUT2D eigenvalue weighted by Gasteiger charge is -2.31. The van der Waals surface area contributed by atoms with E-state index < -0.39 is 29.4 Å². The van der Waals surface area contributed by atoms with E-state index in [9.17, 15) is 9.59 Å². The maximum absolute atomic E-state index is 12.8. The Balaban J connectivity index is 2.49. The van der Waals surface area contributed by atoms with E-state index in [1.807, 2.05) is 45.5 Å². The molecule has 0 fully saturated rings. The third-order valence-corrected chi connectivity index (χ3v) is 5.67. The summed E-state index contributed by atoms with van der Waals surface area (Å²) in [5.74, 6) is -0.870. The lowest BCUT2D eigenvalue weighted by molar-refractivity contribution is -0.172. The summed E-state index contributed by atoms with van der Waals surface area (Å²) in [6, 6.07) is 0. The third kappa shape index (κ3) is 9.80. The Kier molecular flexibility index (Phi) is 10.9. The van der Waals surface area contributed by atoms with Crippen LogP contribution >= 0.6 is 0 Å². The summed E-state index contributed by atoms with van der Waals surface area (Å²) in [5, 5.41) is 8.23. The van der Waals surface area contributed by atoms with Gasteiger partial charge in [-0.1, -0.05) is 5.21 Å². The number of aromatic nitrogens is 3. The summed E-state index contributed by atoms with van der Waals surface area (Å²) in [7, 11) is 0. The minimum absolute atomic E-state index is 0.114. The Labute approximate surface area is 204 Å². The molecule has 0 radical (unpaired) electrons. The highest BCUT2D eigenvalue weighted by Crippen LogP contribution is 2.23. The summed E-state index contributed by atoms with van der Waals surface area (Å²) in [6.07, 6.45) is 1.50. The molecule has 9 heteroatoms. The summed E-state index contributed by atoms with van der Waals surface area (Å²) in [4.78, 5) is 25.0. The van der Waals surface area contributed by atoms with Gasteiger partial charge in [0, 0.05) is 12.8 Å². The smallest absolute Gasteiger partial charge is 0.335 e. The van der Waals surface area contributed by atoms with Crippen molar-refractivity contribution in [2.24, 2.45) is 0 Å². The molecule has 2 atom stereocenters. The molecule has 0 bridgehead atoms. The van der Waals surface area contributed by atoms with Crippen molar-refractivity contribution < 1.29 is 28.5 Å². The van der Waals surface area contributed by atoms with Gasteiger partial charge in [0.05, 0.1) is 29.5 Å². The molecule has 2 unspecified atom stereocenters. The maximum atomic E-state index is 12.8. The molecule has 1 aromatic rings. The van der Waals surface area contributed by atoms with E-state index in [-0.39, 0.29) is 17.4 Å². The molecule has 196 valence electrons. The van der Waals surface area contributed by atoms with Crippen LogP contribution < -0.4 is 0 Å². The number of carbonyl (C=O) groups is 2. The number of Topliss-reactive ketones (excluding diaryl/α,β-unsaturated/α-hetero) is 1. The van der Waals surface area contributed by atoms with Crippen LogP contribution in [0.1, 0.15) is 87.8 Å². The van der Waals surface area contributed by atoms with E-state index in [0.29, 0.717) is 19.6 Å². The molecule has 0 aliphatic carbocycles. The first-order valence-corrected chi connectivity index (χ1v) is 12.0. The summed E-state index contributed by atoms with van der Waals surface area (Å²) >= 11 is 0. The monoisotopic (exact) mass is 483 g/mol. The lowest BCUT2D eigenvalue weighted by atomic mass is 9.98. The second kappa shape index (κ2) is 12.2. The fourth-order valence-corrected chi connectivity index (χ4v) is 3.31. The minimum atomic E-state index is -1.11. The summed E-state index contributed by atoms with van der Waals surface area (Å²) in [6.45, 7) is 21.2. The molecule has 0 saturated carbocycles. The van der Waals surface area contributed by atoms with Gasteiger partial charge in [0.25, 0.3) is 0 Å². The van der Waals surface area contributed by atoms with Crippen LogP contribution in [0.15, 0.2) is 6.20 Å². The zero-order chi connectivity index (χ0) is 26.3. The number of rotatable bonds is 15. The van der Waals surface area contributed by atoms with Crippen molar-refractivity contribution in [2.45, 2.75) is 124 Å². The van der Waals surface area contributed by atoms with Gasteiger partial charge >= 0.3 is 5.97 Å². The highest BCUT2D eigenvalue weighted by Gasteiger charge is 2.36. The Morgan fingerprint density at radius 1 is 0.941 bits per heavy atom. The van der Waals surface area contributed by atoms with Crippen LogP contribution in [0.3, 0.4) is 0 Å². The van der Waals surface area contributed by atoms with Crippen LogP contribution in [0.5, 0.6) is 0 Å². The third-order valence-electron chi connectivity index (χ3n) is 5.67. The highest BCUT2D eigenvalue weighted by atomic mass is 16.6. The second-order valence-corrected chi connectivity index (χ2v) is 10.9. The van der Waals surface area contributed by atoms with Crippen LogP contribution in [-0.4, -0.2) is 69.5 Å². The van der Waals surface area contributed by atoms with E-state index in [2.05, 4.69) is 24.2 Å². The number of ketones is 1. The lowest BCUT2D eigenvalue weighted by Crippen LogP contribution is -2.45. The molecule has 0 amide bonds. The zero-order valence-corrected chi connectivity index (χ0v) is 22.9. The molecule has 9 nitrogen and oxygen atoms in total. The number of ether oxygens (including phenoxy) is 4. The molecule has 0 aromatic carbocycles. The molecule has 1 aromatic heterocycles. The van der Waals surface area contributed by atoms with Crippen molar-refractivity contribution in [2.75, 3.05) is 13.2 Å². The molecule has 34 heavy (non-hydrogen) atoms. The van der Waals surface area contributed by atoms with E-state index in [1.54, 1.807) is 27.7 Å². The second-order valence-electron chi connectivity index (χ2n) is 10.9. The standard InChI is InChI=1S/C25H45N3O6/c1-17(2)33-20(5)22(30)34-19(4)21(29)25(10,11)32-15-13-24(8,9)31-14-12-23(6,7)28-16-18(3)26-27-28/h16-17,19-20H,12-15H2,1-11H3. The highest BCUT2D eigenvalue weighted by molar-refractivity contribution is 5.92. The number of carbonyl (C=O) groups excluding carboxylic acids is 2. The number of esters is 1. The zero-order valence-electron chi connectivity index (χ0n) is 22.9. The molecule has 1 rings (SSSR count). The van der Waals surface area contributed by atoms with Gasteiger partial charge in [0.2, 0.25) is 5.78 Å². The predicted molar refractivity (Wildman–Crippen MR) is 130 cm³/mol. The Bertz CT molecular complexity index is 800. The number of hydrogen-bond donors (Lipinski definition) is 0. The van der Waals surface area contributed by atoms with E-state index in [4.69, 9.17) is 18.9 Å². The number of nitrogens with zero attached hydrogens (tertiary/aromatic N) is 3. The largest absolute Gasteiger partial charge is 0.453 e. The van der Waals surface area contributed by atoms with Gasteiger partial charge in [0.15, 0.2) is 12.2 Å². The van der Waals surface area contributed by atoms with Gasteiger partial charge in [-0.25, -0.2) is 9.48 Å². The van der Waals surface area contributed by atoms with Crippen molar-refractivity contribution in [1.29, 1.82) is 0 Å². The van der Waals surface area contributed by atoms with Crippen molar-refractivity contribution in [3.05, 3.63) is 11.9 Å². The van der Waals surface area contributed by atoms with Crippen LogP contribution in [0, 0.1) is 6.92 Å². The average Bonchev–Trinajstić information content (AvgIpc) is 3.13. The van der Waals surface area contributed by atoms with Gasteiger partial charge < -0.3 is 18.9 Å². The Hall–Kier alpha value is -1.84. The van der Waals surface area contributed by atoms with Crippen molar-refractivity contribution in [3.63, 3.8) is 0 Å². The van der Waals surface area contributed by atoms with Gasteiger partial charge in [-0.15, -0.1) is 5.10 Å².